The molecule has 1 aliphatic rings. The molecule has 0 saturated carbocycles. The third-order valence-electron chi connectivity index (χ3n) is 4.32. The van der Waals surface area contributed by atoms with Crippen molar-refractivity contribution >= 4 is 45.8 Å². The minimum atomic E-state index is -0.692. The summed E-state index contributed by atoms with van der Waals surface area (Å²) in [6.07, 6.45) is 0.994. The van der Waals surface area contributed by atoms with Crippen LogP contribution in [0.5, 0.6) is 0 Å². The molecule has 0 spiro atoms. The molecule has 6 nitrogen and oxygen atoms in total. The van der Waals surface area contributed by atoms with Gasteiger partial charge < -0.3 is 4.74 Å². The number of likely N-dealkylation sites (tertiary alicyclic amines) is 1. The maximum absolute atomic E-state index is 13.5. The van der Waals surface area contributed by atoms with Crippen molar-refractivity contribution in [1.82, 2.24) is 0 Å². The molecule has 1 unspecified atom stereocenters. The summed E-state index contributed by atoms with van der Waals surface area (Å²) in [5.74, 6) is -0.272. The van der Waals surface area contributed by atoms with E-state index in [0.717, 1.165) is 36.4 Å². The highest BCUT2D eigenvalue weighted by molar-refractivity contribution is 8.14. The molecule has 0 aromatic rings. The Morgan fingerprint density at radius 3 is 1.92 bits per heavy atom. The third-order valence-corrected chi connectivity index (χ3v) is 6.27. The highest BCUT2D eigenvalue weighted by Gasteiger charge is 2.56. The van der Waals surface area contributed by atoms with Gasteiger partial charge in [0.05, 0.1) is 12.5 Å². The summed E-state index contributed by atoms with van der Waals surface area (Å²) in [6, 6.07) is -0.176. The van der Waals surface area contributed by atoms with Crippen LogP contribution in [-0.4, -0.2) is 56.4 Å². The molecular weight excluding hydrogens is 374 g/mol. The minimum Gasteiger partial charge on any atom is -0.414 e. The first kappa shape index (κ1) is 23.2. The highest BCUT2D eigenvalue weighted by Crippen LogP contribution is 2.34. The van der Waals surface area contributed by atoms with E-state index in [4.69, 9.17) is 4.74 Å². The van der Waals surface area contributed by atoms with E-state index in [2.05, 4.69) is 0 Å². The van der Waals surface area contributed by atoms with Crippen LogP contribution in [0.1, 0.15) is 54.4 Å². The summed E-state index contributed by atoms with van der Waals surface area (Å²) in [4.78, 5) is 49.2. The second-order valence-corrected chi connectivity index (χ2v) is 10.1. The topological polar surface area (TPSA) is 77.5 Å². The Kier molecular flexibility index (Phi) is 8.35. The largest absolute Gasteiger partial charge is 0.524 e. The quantitative estimate of drug-likeness (QED) is 0.648. The van der Waals surface area contributed by atoms with Crippen molar-refractivity contribution in [3.63, 3.8) is 0 Å². The Hall–Kier alpha value is -0.860. The lowest BCUT2D eigenvalue weighted by Gasteiger charge is -2.36. The van der Waals surface area contributed by atoms with Crippen molar-refractivity contribution < 1.29 is 28.4 Å². The Morgan fingerprint density at radius 2 is 1.58 bits per heavy atom. The number of carbonyl (C=O) groups excluding carboxylic acids is 4. The lowest BCUT2D eigenvalue weighted by molar-refractivity contribution is -0.795. The Bertz CT molecular complexity index is 554. The monoisotopic (exact) mass is 404 g/mol. The second kappa shape index (κ2) is 9.37. The average molecular weight is 405 g/mol. The van der Waals surface area contributed by atoms with Gasteiger partial charge in [0, 0.05) is 38.2 Å². The number of quaternary nitrogens is 1. The summed E-state index contributed by atoms with van der Waals surface area (Å²) in [5, 5.41) is -0.178. The second-order valence-electron chi connectivity index (χ2n) is 7.70. The standard InChI is InChI=1S/C18H30NO5S2/c1-12-8-7-9-19(12,17(23)24-18(4,5)6)16(22)15(10-25-13(2)20)11-26-14(3)21/h12,15H,7-11H2,1-6H3/q+1/t12-,19?/m1/s1. The van der Waals surface area contributed by atoms with Gasteiger partial charge in [-0.05, 0) is 27.7 Å². The van der Waals surface area contributed by atoms with E-state index < -0.39 is 17.6 Å². The molecule has 2 atom stereocenters. The van der Waals surface area contributed by atoms with Crippen molar-refractivity contribution in [3.8, 4) is 0 Å². The zero-order valence-corrected chi connectivity index (χ0v) is 18.1. The van der Waals surface area contributed by atoms with Crippen LogP contribution in [0.4, 0.5) is 4.79 Å². The predicted molar refractivity (Wildman–Crippen MR) is 105 cm³/mol. The van der Waals surface area contributed by atoms with Crippen LogP contribution < -0.4 is 0 Å². The van der Waals surface area contributed by atoms with Crippen LogP contribution in [0.25, 0.3) is 0 Å². The molecule has 1 fully saturated rings. The summed E-state index contributed by atoms with van der Waals surface area (Å²) in [6.45, 7) is 10.5. The van der Waals surface area contributed by atoms with Crippen LogP contribution in [0.3, 0.4) is 0 Å². The number of thioether (sulfide) groups is 2. The van der Waals surface area contributed by atoms with Gasteiger partial charge in [-0.3, -0.25) is 9.59 Å². The van der Waals surface area contributed by atoms with Gasteiger partial charge >= 0.3 is 12.0 Å². The van der Waals surface area contributed by atoms with Gasteiger partial charge in [-0.1, -0.05) is 23.5 Å². The normalized spacial score (nSPS) is 23.1. The van der Waals surface area contributed by atoms with Gasteiger partial charge in [0.1, 0.15) is 11.6 Å². The van der Waals surface area contributed by atoms with E-state index in [0.29, 0.717) is 6.54 Å². The molecule has 0 aliphatic carbocycles. The van der Waals surface area contributed by atoms with Crippen molar-refractivity contribution in [2.75, 3.05) is 18.1 Å². The lowest BCUT2D eigenvalue weighted by Crippen LogP contribution is -2.62. The molecule has 0 aromatic carbocycles. The molecule has 1 heterocycles. The fraction of sp³-hybridized carbons (Fsp3) is 0.778. The Labute approximate surface area is 164 Å². The number of hydrogen-bond acceptors (Lipinski definition) is 7. The fourth-order valence-corrected chi connectivity index (χ4v) is 4.60. The van der Waals surface area contributed by atoms with Crippen LogP contribution in [0.15, 0.2) is 0 Å². The van der Waals surface area contributed by atoms with Gasteiger partial charge in [-0.15, -0.1) is 0 Å². The zero-order valence-electron chi connectivity index (χ0n) is 16.5. The number of carbonyl (C=O) groups is 4. The maximum Gasteiger partial charge on any atom is 0.524 e. The van der Waals surface area contributed by atoms with E-state index in [1.54, 1.807) is 20.8 Å². The van der Waals surface area contributed by atoms with Gasteiger partial charge in [0.15, 0.2) is 10.2 Å². The number of rotatable bonds is 5. The molecule has 1 rings (SSSR count). The number of imide groups is 1. The van der Waals surface area contributed by atoms with Crippen molar-refractivity contribution in [1.29, 1.82) is 0 Å². The Balaban J connectivity index is 3.15. The van der Waals surface area contributed by atoms with Crippen LogP contribution in [-0.2, 0) is 19.1 Å². The minimum absolute atomic E-state index is 0.0890. The van der Waals surface area contributed by atoms with E-state index in [1.165, 1.54) is 13.8 Å². The molecule has 2 amide bonds. The highest BCUT2D eigenvalue weighted by atomic mass is 32.2. The van der Waals surface area contributed by atoms with Crippen molar-refractivity contribution in [3.05, 3.63) is 0 Å². The predicted octanol–water partition coefficient (Wildman–Crippen LogP) is 3.62. The molecule has 0 aromatic heterocycles. The number of ether oxygens (including phenoxy) is 1. The summed E-state index contributed by atoms with van der Waals surface area (Å²) in [5.41, 5.74) is -0.692. The van der Waals surface area contributed by atoms with Crippen LogP contribution in [0, 0.1) is 5.92 Å². The average Bonchev–Trinajstić information content (AvgIpc) is 2.87. The van der Waals surface area contributed by atoms with Gasteiger partial charge in [-0.2, -0.15) is 9.28 Å². The molecule has 0 radical (unpaired) electrons. The number of hydrogen-bond donors (Lipinski definition) is 0. The lowest BCUT2D eigenvalue weighted by atomic mass is 10.1. The first-order chi connectivity index (χ1) is 11.9. The summed E-state index contributed by atoms with van der Waals surface area (Å²) in [7, 11) is 0. The maximum atomic E-state index is 13.5. The Morgan fingerprint density at radius 1 is 1.08 bits per heavy atom. The first-order valence-electron chi connectivity index (χ1n) is 8.82. The molecular formula is C18H30NO5S2+. The van der Waals surface area contributed by atoms with E-state index in [1.807, 2.05) is 6.92 Å². The summed E-state index contributed by atoms with van der Waals surface area (Å²) < 4.78 is 5.23. The van der Waals surface area contributed by atoms with Crippen LogP contribution >= 0.6 is 23.5 Å². The molecule has 1 aliphatic heterocycles. The molecule has 8 heteroatoms. The van der Waals surface area contributed by atoms with Gasteiger partial charge in [0.2, 0.25) is 0 Å². The third kappa shape index (κ3) is 6.09. The number of nitrogens with zero attached hydrogens (tertiary/aromatic N) is 1. The summed E-state index contributed by atoms with van der Waals surface area (Å²) >= 11 is 2.11. The van der Waals surface area contributed by atoms with Crippen molar-refractivity contribution in [2.24, 2.45) is 5.92 Å². The molecule has 0 N–H and O–H groups in total. The van der Waals surface area contributed by atoms with E-state index in [9.17, 15) is 19.2 Å². The van der Waals surface area contributed by atoms with Crippen LogP contribution in [0.2, 0.25) is 0 Å². The van der Waals surface area contributed by atoms with Gasteiger partial charge in [-0.25, -0.2) is 4.79 Å². The molecule has 26 heavy (non-hydrogen) atoms. The van der Waals surface area contributed by atoms with E-state index in [-0.39, 0.29) is 38.2 Å². The zero-order chi connectivity index (χ0) is 20.1. The van der Waals surface area contributed by atoms with E-state index >= 15 is 0 Å². The molecule has 148 valence electrons. The molecule has 1 saturated heterocycles. The fourth-order valence-electron chi connectivity index (χ4n) is 3.06. The SMILES string of the molecule is CC(=O)SCC(CSC(C)=O)C(=O)[N+]1(C(=O)OC(C)(C)C)CCC[C@H]1C. The van der Waals surface area contributed by atoms with Gasteiger partial charge in [0.25, 0.3) is 0 Å². The smallest absolute Gasteiger partial charge is 0.414 e. The molecule has 0 bridgehead atoms. The van der Waals surface area contributed by atoms with Crippen molar-refractivity contribution in [2.45, 2.75) is 66.0 Å². The number of amides is 2. The first-order valence-corrected chi connectivity index (χ1v) is 10.8.